The van der Waals surface area contributed by atoms with Gasteiger partial charge in [0.2, 0.25) is 0 Å². The Balaban J connectivity index is 1.81. The smallest absolute Gasteiger partial charge is 0.191 e. The van der Waals surface area contributed by atoms with Gasteiger partial charge in [0, 0.05) is 43.6 Å². The highest BCUT2D eigenvalue weighted by molar-refractivity contribution is 7.10. The quantitative estimate of drug-likeness (QED) is 0.648. The third-order valence-corrected chi connectivity index (χ3v) is 5.27. The predicted molar refractivity (Wildman–Crippen MR) is 92.1 cm³/mol. The van der Waals surface area contributed by atoms with Crippen molar-refractivity contribution in [1.29, 1.82) is 0 Å². The van der Waals surface area contributed by atoms with Crippen LogP contribution in [-0.2, 0) is 13.0 Å². The number of aliphatic imine (C=N–C) groups is 1. The van der Waals surface area contributed by atoms with E-state index in [1.54, 1.807) is 4.88 Å². The van der Waals surface area contributed by atoms with Crippen molar-refractivity contribution in [2.75, 3.05) is 20.1 Å². The molecule has 0 saturated heterocycles. The average molecular weight is 308 g/mol. The highest BCUT2D eigenvalue weighted by Crippen LogP contribution is 2.24. The highest BCUT2D eigenvalue weighted by atomic mass is 32.1. The Morgan fingerprint density at radius 3 is 3.00 bits per heavy atom. The summed E-state index contributed by atoms with van der Waals surface area (Å²) in [5.74, 6) is 0.907. The molecule has 0 radical (unpaired) electrons. The molecule has 0 aliphatic carbocycles. The van der Waals surface area contributed by atoms with Gasteiger partial charge >= 0.3 is 0 Å². The Hall–Kier alpha value is -1.07. The second kappa shape index (κ2) is 7.80. The van der Waals surface area contributed by atoms with Gasteiger partial charge in [-0.1, -0.05) is 6.92 Å². The second-order valence-electron chi connectivity index (χ2n) is 5.85. The molecule has 0 spiro atoms. The third-order valence-electron chi connectivity index (χ3n) is 4.24. The zero-order valence-electron chi connectivity index (χ0n) is 13.6. The average Bonchev–Trinajstić information content (AvgIpc) is 2.98. The number of nitrogens with one attached hydrogen (secondary N) is 2. The second-order valence-corrected chi connectivity index (χ2v) is 6.85. The molecule has 1 aliphatic rings. The maximum absolute atomic E-state index is 4.30. The number of thiophene rings is 1. The SMILES string of the molecule is CCC(C)NC(=NC)NCC(C)N1CCc2sccc2C1. The molecule has 0 saturated carbocycles. The number of guanidine groups is 1. The van der Waals surface area contributed by atoms with Crippen molar-refractivity contribution in [3.05, 3.63) is 21.9 Å². The Morgan fingerprint density at radius 1 is 1.48 bits per heavy atom. The standard InChI is InChI=1S/C16H28N4S/c1-5-12(2)19-16(17-4)18-10-13(3)20-8-6-15-14(11-20)7-9-21-15/h7,9,12-13H,5-6,8,10-11H2,1-4H3,(H2,17,18,19). The summed E-state index contributed by atoms with van der Waals surface area (Å²) in [5.41, 5.74) is 1.51. The monoisotopic (exact) mass is 308 g/mol. The minimum atomic E-state index is 0.454. The lowest BCUT2D eigenvalue weighted by molar-refractivity contribution is 0.192. The first kappa shape index (κ1) is 16.3. The molecule has 0 bridgehead atoms. The van der Waals surface area contributed by atoms with Crippen molar-refractivity contribution in [2.24, 2.45) is 4.99 Å². The van der Waals surface area contributed by atoms with Gasteiger partial charge in [-0.15, -0.1) is 11.3 Å². The van der Waals surface area contributed by atoms with Crippen LogP contribution in [0.15, 0.2) is 16.4 Å². The fourth-order valence-corrected chi connectivity index (χ4v) is 3.44. The fraction of sp³-hybridized carbons (Fsp3) is 0.688. The number of rotatable bonds is 5. The molecule has 118 valence electrons. The van der Waals surface area contributed by atoms with Crippen molar-refractivity contribution in [3.8, 4) is 0 Å². The van der Waals surface area contributed by atoms with Gasteiger partial charge in [0.25, 0.3) is 0 Å². The van der Waals surface area contributed by atoms with Crippen molar-refractivity contribution in [1.82, 2.24) is 15.5 Å². The van der Waals surface area contributed by atoms with Crippen LogP contribution >= 0.6 is 11.3 Å². The van der Waals surface area contributed by atoms with Crippen molar-refractivity contribution < 1.29 is 0 Å². The molecular weight excluding hydrogens is 280 g/mol. The molecule has 2 rings (SSSR count). The molecule has 2 unspecified atom stereocenters. The predicted octanol–water partition coefficient (Wildman–Crippen LogP) is 2.46. The molecular formula is C16H28N4S. The zero-order chi connectivity index (χ0) is 15.2. The van der Waals surface area contributed by atoms with Gasteiger partial charge in [-0.25, -0.2) is 0 Å². The zero-order valence-corrected chi connectivity index (χ0v) is 14.5. The fourth-order valence-electron chi connectivity index (χ4n) is 2.55. The largest absolute Gasteiger partial charge is 0.355 e. The lowest BCUT2D eigenvalue weighted by Crippen LogP contribution is -2.48. The molecule has 21 heavy (non-hydrogen) atoms. The lowest BCUT2D eigenvalue weighted by atomic mass is 10.1. The summed E-state index contributed by atoms with van der Waals surface area (Å²) in [6.45, 7) is 9.82. The van der Waals surface area contributed by atoms with Crippen LogP contribution in [0, 0.1) is 0 Å². The van der Waals surface area contributed by atoms with Gasteiger partial charge in [0.1, 0.15) is 0 Å². The van der Waals surface area contributed by atoms with E-state index in [4.69, 9.17) is 0 Å². The number of hydrogen-bond acceptors (Lipinski definition) is 3. The van der Waals surface area contributed by atoms with Gasteiger partial charge in [0.05, 0.1) is 0 Å². The van der Waals surface area contributed by atoms with Crippen molar-refractivity contribution in [2.45, 2.75) is 52.2 Å². The Kier molecular flexibility index (Phi) is 6.06. The summed E-state index contributed by atoms with van der Waals surface area (Å²) < 4.78 is 0. The van der Waals surface area contributed by atoms with Crippen LogP contribution < -0.4 is 10.6 Å². The molecule has 0 amide bonds. The molecule has 1 aromatic heterocycles. The Labute approximate surface area is 132 Å². The summed E-state index contributed by atoms with van der Waals surface area (Å²) in [4.78, 5) is 8.42. The van der Waals surface area contributed by atoms with E-state index in [1.807, 2.05) is 18.4 Å². The lowest BCUT2D eigenvalue weighted by Gasteiger charge is -2.33. The normalized spacial score (nSPS) is 19.0. The van der Waals surface area contributed by atoms with E-state index in [-0.39, 0.29) is 0 Å². The maximum atomic E-state index is 4.30. The van der Waals surface area contributed by atoms with Crippen molar-refractivity contribution in [3.63, 3.8) is 0 Å². The van der Waals surface area contributed by atoms with E-state index in [2.05, 4.69) is 52.7 Å². The number of nitrogens with zero attached hydrogens (tertiary/aromatic N) is 2. The van der Waals surface area contributed by atoms with E-state index in [0.29, 0.717) is 12.1 Å². The van der Waals surface area contributed by atoms with Gasteiger partial charge in [-0.3, -0.25) is 9.89 Å². The summed E-state index contributed by atoms with van der Waals surface area (Å²) in [5, 5.41) is 9.07. The molecule has 5 heteroatoms. The van der Waals surface area contributed by atoms with Gasteiger partial charge in [0.15, 0.2) is 5.96 Å². The van der Waals surface area contributed by atoms with Crippen LogP contribution in [0.2, 0.25) is 0 Å². The number of fused-ring (bicyclic) bond motifs is 1. The number of hydrogen-bond donors (Lipinski definition) is 2. The van der Waals surface area contributed by atoms with Crippen LogP contribution in [0.4, 0.5) is 0 Å². The molecule has 2 N–H and O–H groups in total. The van der Waals surface area contributed by atoms with Crippen LogP contribution in [-0.4, -0.2) is 43.1 Å². The van der Waals surface area contributed by atoms with Gasteiger partial charge < -0.3 is 10.6 Å². The molecule has 2 heterocycles. The molecule has 4 nitrogen and oxygen atoms in total. The summed E-state index contributed by atoms with van der Waals surface area (Å²) in [6.07, 6.45) is 2.29. The van der Waals surface area contributed by atoms with Crippen LogP contribution in [0.5, 0.6) is 0 Å². The molecule has 2 atom stereocenters. The van der Waals surface area contributed by atoms with Gasteiger partial charge in [-0.05, 0) is 43.7 Å². The Morgan fingerprint density at radius 2 is 2.29 bits per heavy atom. The van der Waals surface area contributed by atoms with Crippen LogP contribution in [0.25, 0.3) is 0 Å². The first-order valence-electron chi connectivity index (χ1n) is 7.90. The minimum Gasteiger partial charge on any atom is -0.355 e. The van der Waals surface area contributed by atoms with E-state index in [1.165, 1.54) is 12.0 Å². The molecule has 1 aromatic rings. The van der Waals surface area contributed by atoms with E-state index < -0.39 is 0 Å². The summed E-state index contributed by atoms with van der Waals surface area (Å²) in [7, 11) is 1.83. The first-order valence-corrected chi connectivity index (χ1v) is 8.78. The van der Waals surface area contributed by atoms with E-state index >= 15 is 0 Å². The van der Waals surface area contributed by atoms with Gasteiger partial charge in [-0.2, -0.15) is 0 Å². The van der Waals surface area contributed by atoms with E-state index in [0.717, 1.165) is 32.0 Å². The van der Waals surface area contributed by atoms with E-state index in [9.17, 15) is 0 Å². The molecule has 0 aromatic carbocycles. The van der Waals surface area contributed by atoms with Crippen molar-refractivity contribution >= 4 is 17.3 Å². The summed E-state index contributed by atoms with van der Waals surface area (Å²) >= 11 is 1.90. The van der Waals surface area contributed by atoms with Crippen LogP contribution in [0.3, 0.4) is 0 Å². The molecule has 1 aliphatic heterocycles. The minimum absolute atomic E-state index is 0.454. The summed E-state index contributed by atoms with van der Waals surface area (Å²) in [6, 6.07) is 3.24. The third kappa shape index (κ3) is 4.45. The molecule has 0 fully saturated rings. The van der Waals surface area contributed by atoms with Crippen LogP contribution in [0.1, 0.15) is 37.6 Å². The Bertz CT molecular complexity index is 469. The topological polar surface area (TPSA) is 39.7 Å². The highest BCUT2D eigenvalue weighted by Gasteiger charge is 2.21. The first-order chi connectivity index (χ1) is 10.1. The maximum Gasteiger partial charge on any atom is 0.191 e.